The Bertz CT molecular complexity index is 3810. The minimum atomic E-state index is 0. The Balaban J connectivity index is 0.000000114. The van der Waals surface area contributed by atoms with E-state index in [0.717, 1.165) is 28.2 Å². The van der Waals surface area contributed by atoms with Crippen LogP contribution in [-0.2, 0) is 36.4 Å². The summed E-state index contributed by atoms with van der Waals surface area (Å²) in [5.41, 5.74) is 26.8. The molecule has 0 amide bonds. The van der Waals surface area contributed by atoms with Gasteiger partial charge in [-0.2, -0.15) is 0 Å². The van der Waals surface area contributed by atoms with Gasteiger partial charge in [-0.3, -0.25) is 4.98 Å². The fraction of sp³-hybridized carbons (Fsp3) is 0.125. The zero-order chi connectivity index (χ0) is 51.1. The van der Waals surface area contributed by atoms with E-state index < -0.39 is 0 Å². The molecule has 0 atom stereocenters. The number of pyridine rings is 3. The number of hydrogen-bond donors (Lipinski definition) is 0. The first kappa shape index (κ1) is 48.8. The number of fused-ring (bicyclic) bond motifs is 12. The number of nitrogens with zero attached hydrogens (tertiary/aromatic N) is 1. The minimum absolute atomic E-state index is 0. The second kappa shape index (κ2) is 18.9. The molecule has 0 spiro atoms. The van der Waals surface area contributed by atoms with Crippen molar-refractivity contribution in [2.45, 2.75) is 57.8 Å². The van der Waals surface area contributed by atoms with Gasteiger partial charge in [-0.15, -0.1) is 29.3 Å². The first-order chi connectivity index (χ1) is 36.4. The molecule has 3 aliphatic carbocycles. The van der Waals surface area contributed by atoms with Crippen LogP contribution in [0.1, 0.15) is 74.9 Å². The van der Waals surface area contributed by atoms with Gasteiger partial charge in [-0.1, -0.05) is 192 Å². The second-order valence-electron chi connectivity index (χ2n) is 22.0. The maximum Gasteiger partial charge on any atom is 0.211 e. The molecule has 15 rings (SSSR count). The molecular formula is C72H58IrN3+. The number of aromatic nitrogens is 3. The summed E-state index contributed by atoms with van der Waals surface area (Å²) in [6.45, 7) is 13.9. The predicted octanol–water partition coefficient (Wildman–Crippen LogP) is 17.3. The summed E-state index contributed by atoms with van der Waals surface area (Å²) in [6.07, 6.45) is 0. The van der Waals surface area contributed by atoms with Crippen molar-refractivity contribution in [3.8, 4) is 67.2 Å². The van der Waals surface area contributed by atoms with Crippen LogP contribution in [0.2, 0.25) is 0 Å². The molecule has 0 unspecified atom stereocenters. The third-order valence-corrected chi connectivity index (χ3v) is 16.5. The third-order valence-electron chi connectivity index (χ3n) is 16.5. The Kier molecular flexibility index (Phi) is 12.1. The van der Waals surface area contributed by atoms with Gasteiger partial charge in [-0.05, 0) is 121 Å². The molecule has 0 fully saturated rings. The SMILES string of the molecule is CC1(C)c2ccccc2-c2c[c-]c(-c3ccc4ccccc4n3)cc21.CC1(C)c2ccccc2-c2ccc(-c3ccc4ccccc4[nH+]3)cc21.CC1(C)c2ccccc2-c2ccc(-c3ccc4ccccc4[nH+]3)cc21.[Ir]. The van der Waals surface area contributed by atoms with Crippen LogP contribution in [0, 0.1) is 6.07 Å². The molecule has 3 nitrogen and oxygen atoms in total. The number of para-hydroxylation sites is 3. The van der Waals surface area contributed by atoms with Crippen LogP contribution >= 0.6 is 0 Å². The van der Waals surface area contributed by atoms with E-state index in [1.165, 1.54) is 105 Å². The molecule has 3 aromatic heterocycles. The molecule has 0 saturated carbocycles. The van der Waals surface area contributed by atoms with Crippen molar-refractivity contribution in [3.63, 3.8) is 0 Å². The molecule has 2 N–H and O–H groups in total. The Morgan fingerprint density at radius 3 is 1.25 bits per heavy atom. The van der Waals surface area contributed by atoms with Crippen molar-refractivity contribution >= 4 is 32.7 Å². The Morgan fingerprint density at radius 2 is 0.737 bits per heavy atom. The average molecular weight is 1160 g/mol. The number of H-pyrrole nitrogens is 2. The van der Waals surface area contributed by atoms with E-state index in [4.69, 9.17) is 4.98 Å². The summed E-state index contributed by atoms with van der Waals surface area (Å²) in [5.74, 6) is 0. The monoisotopic (exact) mass is 1160 g/mol. The minimum Gasteiger partial charge on any atom is -0.296 e. The number of benzene rings is 9. The number of rotatable bonds is 3. The standard InChI is InChI=1S/2C24H19N.C24H18N.Ir/c3*1-24(2)20-9-5-4-8-18(20)19-13-11-17(15-21(19)24)23-14-12-16-7-3-6-10-22(16)25-23;/h2*3-15H,1-2H3;3-10,12-15H,1-2H3;/q;;-1;/p+2. The Labute approximate surface area is 459 Å². The smallest absolute Gasteiger partial charge is 0.211 e. The van der Waals surface area contributed by atoms with Gasteiger partial charge < -0.3 is 0 Å². The number of hydrogen-bond acceptors (Lipinski definition) is 1. The molecule has 369 valence electrons. The summed E-state index contributed by atoms with van der Waals surface area (Å²) in [6, 6.07) is 85.9. The van der Waals surface area contributed by atoms with Gasteiger partial charge in [0.25, 0.3) is 0 Å². The van der Waals surface area contributed by atoms with Gasteiger partial charge in [0.15, 0.2) is 0 Å². The fourth-order valence-corrected chi connectivity index (χ4v) is 12.3. The van der Waals surface area contributed by atoms with Crippen molar-refractivity contribution in [2.75, 3.05) is 0 Å². The summed E-state index contributed by atoms with van der Waals surface area (Å²) in [4.78, 5) is 12.0. The molecule has 1 radical (unpaired) electrons. The molecule has 0 saturated heterocycles. The third kappa shape index (κ3) is 8.20. The van der Waals surface area contributed by atoms with Gasteiger partial charge in [-0.25, -0.2) is 9.97 Å². The van der Waals surface area contributed by atoms with E-state index in [0.29, 0.717) is 0 Å². The average Bonchev–Trinajstić information content (AvgIpc) is 4.11. The van der Waals surface area contributed by atoms with Crippen molar-refractivity contribution in [1.82, 2.24) is 4.98 Å². The van der Waals surface area contributed by atoms with Crippen molar-refractivity contribution in [3.05, 3.63) is 270 Å². The molecule has 12 aromatic rings. The second-order valence-corrected chi connectivity index (χ2v) is 22.0. The van der Waals surface area contributed by atoms with E-state index in [9.17, 15) is 0 Å². The van der Waals surface area contributed by atoms with Gasteiger partial charge in [0.1, 0.15) is 0 Å². The largest absolute Gasteiger partial charge is 0.296 e. The predicted molar refractivity (Wildman–Crippen MR) is 311 cm³/mol. The molecule has 3 heterocycles. The summed E-state index contributed by atoms with van der Waals surface area (Å²) < 4.78 is 0. The Hall–Kier alpha value is -8.14. The molecule has 0 bridgehead atoms. The maximum absolute atomic E-state index is 4.84. The van der Waals surface area contributed by atoms with Gasteiger partial charge in [0, 0.05) is 77.1 Å². The fourth-order valence-electron chi connectivity index (χ4n) is 12.3. The molecule has 4 heteroatoms. The van der Waals surface area contributed by atoms with Crippen molar-refractivity contribution in [2.24, 2.45) is 0 Å². The van der Waals surface area contributed by atoms with E-state index in [1.54, 1.807) is 0 Å². The van der Waals surface area contributed by atoms with Crippen LogP contribution in [0.3, 0.4) is 0 Å². The normalized spacial score (nSPS) is 14.1. The maximum atomic E-state index is 4.84. The molecular weight excluding hydrogens is 1100 g/mol. The number of nitrogens with one attached hydrogen (secondary N) is 2. The van der Waals surface area contributed by atoms with Gasteiger partial charge in [0.05, 0.1) is 5.52 Å². The van der Waals surface area contributed by atoms with Crippen LogP contribution in [0.15, 0.2) is 231 Å². The molecule has 76 heavy (non-hydrogen) atoms. The van der Waals surface area contributed by atoms with E-state index >= 15 is 0 Å². The van der Waals surface area contributed by atoms with E-state index in [2.05, 4.69) is 276 Å². The van der Waals surface area contributed by atoms with E-state index in [-0.39, 0.29) is 36.4 Å². The van der Waals surface area contributed by atoms with Crippen LogP contribution in [0.4, 0.5) is 0 Å². The summed E-state index contributed by atoms with van der Waals surface area (Å²) in [5, 5.41) is 3.64. The molecule has 9 aromatic carbocycles. The van der Waals surface area contributed by atoms with Crippen LogP contribution in [0.5, 0.6) is 0 Å². The number of aromatic amines is 2. The van der Waals surface area contributed by atoms with E-state index in [1.807, 2.05) is 12.1 Å². The van der Waals surface area contributed by atoms with Crippen molar-refractivity contribution in [1.29, 1.82) is 0 Å². The molecule has 0 aliphatic heterocycles. The topological polar surface area (TPSA) is 41.2 Å². The van der Waals surface area contributed by atoms with Gasteiger partial charge >= 0.3 is 0 Å². The quantitative estimate of drug-likeness (QED) is 0.163. The van der Waals surface area contributed by atoms with Crippen molar-refractivity contribution < 1.29 is 30.1 Å². The molecule has 3 aliphatic rings. The van der Waals surface area contributed by atoms with Crippen LogP contribution < -0.4 is 9.97 Å². The van der Waals surface area contributed by atoms with Crippen LogP contribution in [-0.4, -0.2) is 4.98 Å². The first-order valence-electron chi connectivity index (χ1n) is 26.3. The zero-order valence-corrected chi connectivity index (χ0v) is 46.1. The Morgan fingerprint density at radius 1 is 0.342 bits per heavy atom. The van der Waals surface area contributed by atoms with Crippen LogP contribution in [0.25, 0.3) is 99.9 Å². The summed E-state index contributed by atoms with van der Waals surface area (Å²) in [7, 11) is 0. The first-order valence-corrected chi connectivity index (χ1v) is 26.3. The van der Waals surface area contributed by atoms with Gasteiger partial charge in [0.2, 0.25) is 22.4 Å². The zero-order valence-electron chi connectivity index (χ0n) is 43.7. The summed E-state index contributed by atoms with van der Waals surface area (Å²) >= 11 is 0.